The van der Waals surface area contributed by atoms with Crippen LogP contribution in [-0.4, -0.2) is 55.8 Å². The predicted octanol–water partition coefficient (Wildman–Crippen LogP) is 2.25. The van der Waals surface area contributed by atoms with E-state index in [0.717, 1.165) is 0 Å². The first-order valence-corrected chi connectivity index (χ1v) is 12.3. The Morgan fingerprint density at radius 2 is 1.66 bits per heavy atom. The van der Waals surface area contributed by atoms with E-state index >= 15 is 0 Å². The van der Waals surface area contributed by atoms with Crippen molar-refractivity contribution in [2.45, 2.75) is 58.6 Å². The molecule has 12 heteroatoms. The average molecular weight is 508 g/mol. The van der Waals surface area contributed by atoms with Gasteiger partial charge in [0.1, 0.15) is 6.04 Å². The lowest BCUT2D eigenvalue weighted by molar-refractivity contribution is -0.147. The van der Waals surface area contributed by atoms with Crippen LogP contribution in [0.1, 0.15) is 59.8 Å². The zero-order valence-corrected chi connectivity index (χ0v) is 21.2. The van der Waals surface area contributed by atoms with Gasteiger partial charge in [-0.1, -0.05) is 0 Å². The number of nitrogens with one attached hydrogen (secondary N) is 3. The van der Waals surface area contributed by atoms with Crippen molar-refractivity contribution >= 4 is 39.3 Å². The molecule has 1 heterocycles. The summed E-state index contributed by atoms with van der Waals surface area (Å²) in [6.45, 7) is 8.99. The summed E-state index contributed by atoms with van der Waals surface area (Å²) in [6, 6.07) is 4.06. The van der Waals surface area contributed by atoms with Crippen LogP contribution in [0.5, 0.6) is 0 Å². The molecule has 0 saturated carbocycles. The standard InChI is InChI=1S/C23H29N3O8S/c1-7-33-23(30)19-12(2)20(24-13(19)3)21(28)15(5)34-22(29)14(4)26-35(31,32)18-10-8-17(9-11-18)25-16(6)27/h8-11,14-15,24,26H,7H2,1-6H3,(H,25,27)/t14-,15?/m0/s1. The van der Waals surface area contributed by atoms with E-state index in [0.29, 0.717) is 16.9 Å². The largest absolute Gasteiger partial charge is 0.462 e. The molecular formula is C23H29N3O8S. The van der Waals surface area contributed by atoms with Crippen LogP contribution in [0.25, 0.3) is 0 Å². The molecule has 1 aromatic carbocycles. The first-order valence-electron chi connectivity index (χ1n) is 10.8. The van der Waals surface area contributed by atoms with Crippen LogP contribution in [0.15, 0.2) is 29.2 Å². The molecule has 1 unspecified atom stereocenters. The van der Waals surface area contributed by atoms with E-state index in [9.17, 15) is 27.6 Å². The summed E-state index contributed by atoms with van der Waals surface area (Å²) in [5.41, 5.74) is 1.55. The fourth-order valence-corrected chi connectivity index (χ4v) is 4.50. The molecule has 0 fully saturated rings. The molecule has 2 rings (SSSR count). The second-order valence-electron chi connectivity index (χ2n) is 7.84. The number of ketones is 1. The number of hydrogen-bond donors (Lipinski definition) is 3. The topological polar surface area (TPSA) is 161 Å². The number of aromatic amines is 1. The maximum Gasteiger partial charge on any atom is 0.340 e. The Bertz CT molecular complexity index is 1230. The van der Waals surface area contributed by atoms with E-state index in [4.69, 9.17) is 9.47 Å². The van der Waals surface area contributed by atoms with Gasteiger partial charge >= 0.3 is 11.9 Å². The number of sulfonamides is 1. The zero-order chi connectivity index (χ0) is 26.5. The number of H-pyrrole nitrogens is 1. The number of carbonyl (C=O) groups is 4. The Morgan fingerprint density at radius 3 is 2.20 bits per heavy atom. The number of rotatable bonds is 10. The fourth-order valence-electron chi connectivity index (χ4n) is 3.31. The van der Waals surface area contributed by atoms with Crippen molar-refractivity contribution in [3.8, 4) is 0 Å². The molecule has 1 amide bonds. The quantitative estimate of drug-likeness (QED) is 0.326. The molecule has 2 aromatic rings. The normalized spacial score (nSPS) is 13.0. The summed E-state index contributed by atoms with van der Waals surface area (Å²) in [5, 5.41) is 2.52. The molecule has 35 heavy (non-hydrogen) atoms. The summed E-state index contributed by atoms with van der Waals surface area (Å²) in [4.78, 5) is 51.3. The molecular weight excluding hydrogens is 478 g/mol. The molecule has 3 N–H and O–H groups in total. The van der Waals surface area contributed by atoms with Gasteiger partial charge in [-0.3, -0.25) is 14.4 Å². The number of Topliss-reactive ketones (excluding diaryl/α,β-unsaturated/α-hetero) is 1. The molecule has 0 aliphatic carbocycles. The number of ether oxygens (including phenoxy) is 2. The first kappa shape index (κ1) is 27.7. The minimum Gasteiger partial charge on any atom is -0.462 e. The van der Waals surface area contributed by atoms with E-state index in [-0.39, 0.29) is 28.7 Å². The molecule has 11 nitrogen and oxygen atoms in total. The molecule has 1 aromatic heterocycles. The fraction of sp³-hybridized carbons (Fsp3) is 0.391. The van der Waals surface area contributed by atoms with E-state index < -0.39 is 39.9 Å². The Hall–Kier alpha value is -3.51. The minimum absolute atomic E-state index is 0.0957. The van der Waals surface area contributed by atoms with Crippen LogP contribution in [0.4, 0.5) is 5.69 Å². The van der Waals surface area contributed by atoms with Gasteiger partial charge in [-0.15, -0.1) is 0 Å². The van der Waals surface area contributed by atoms with Crippen LogP contribution in [-0.2, 0) is 29.1 Å². The lowest BCUT2D eigenvalue weighted by Crippen LogP contribution is -2.41. The Kier molecular flexibility index (Phi) is 8.94. The van der Waals surface area contributed by atoms with Crippen LogP contribution in [0, 0.1) is 13.8 Å². The Labute approximate surface area is 203 Å². The molecule has 0 spiro atoms. The highest BCUT2D eigenvalue weighted by atomic mass is 32.2. The van der Waals surface area contributed by atoms with E-state index in [1.54, 1.807) is 20.8 Å². The molecule has 0 radical (unpaired) electrons. The third kappa shape index (κ3) is 6.76. The zero-order valence-electron chi connectivity index (χ0n) is 20.3. The highest BCUT2D eigenvalue weighted by Crippen LogP contribution is 2.21. The number of aryl methyl sites for hydroxylation is 1. The van der Waals surface area contributed by atoms with Gasteiger partial charge in [0.25, 0.3) is 0 Å². The molecule has 2 atom stereocenters. The number of aromatic nitrogens is 1. The van der Waals surface area contributed by atoms with Crippen LogP contribution in [0.3, 0.4) is 0 Å². The number of benzene rings is 1. The molecule has 0 aliphatic heterocycles. The maximum absolute atomic E-state index is 12.9. The van der Waals surface area contributed by atoms with Crippen LogP contribution in [0.2, 0.25) is 0 Å². The van der Waals surface area contributed by atoms with Gasteiger partial charge in [0, 0.05) is 18.3 Å². The predicted molar refractivity (Wildman–Crippen MR) is 127 cm³/mol. The molecule has 0 aliphatic rings. The van der Waals surface area contributed by atoms with Gasteiger partial charge < -0.3 is 19.8 Å². The van der Waals surface area contributed by atoms with Gasteiger partial charge in [0.2, 0.25) is 21.7 Å². The second-order valence-corrected chi connectivity index (χ2v) is 9.55. The second kappa shape index (κ2) is 11.3. The lowest BCUT2D eigenvalue weighted by Gasteiger charge is -2.17. The summed E-state index contributed by atoms with van der Waals surface area (Å²) >= 11 is 0. The van der Waals surface area contributed by atoms with Crippen molar-refractivity contribution in [3.05, 3.63) is 46.8 Å². The molecule has 0 saturated heterocycles. The van der Waals surface area contributed by atoms with Crippen molar-refractivity contribution in [1.82, 2.24) is 9.71 Å². The number of amides is 1. The monoisotopic (exact) mass is 507 g/mol. The van der Waals surface area contributed by atoms with Gasteiger partial charge in [-0.05, 0) is 64.4 Å². The van der Waals surface area contributed by atoms with Gasteiger partial charge in [0.15, 0.2) is 6.10 Å². The van der Waals surface area contributed by atoms with Crippen molar-refractivity contribution < 1.29 is 37.1 Å². The molecule has 0 bridgehead atoms. The number of anilines is 1. The van der Waals surface area contributed by atoms with E-state index in [2.05, 4.69) is 15.0 Å². The van der Waals surface area contributed by atoms with Gasteiger partial charge in [-0.25, -0.2) is 13.2 Å². The summed E-state index contributed by atoms with van der Waals surface area (Å²) in [5.74, 6) is -2.43. The summed E-state index contributed by atoms with van der Waals surface area (Å²) in [6.07, 6.45) is -1.25. The summed E-state index contributed by atoms with van der Waals surface area (Å²) < 4.78 is 37.6. The lowest BCUT2D eigenvalue weighted by atomic mass is 10.1. The number of esters is 2. The van der Waals surface area contributed by atoms with Gasteiger partial charge in [0.05, 0.1) is 22.8 Å². The third-order valence-corrected chi connectivity index (χ3v) is 6.55. The Morgan fingerprint density at radius 1 is 1.06 bits per heavy atom. The van der Waals surface area contributed by atoms with E-state index in [1.807, 2.05) is 0 Å². The average Bonchev–Trinajstić information content (AvgIpc) is 3.06. The van der Waals surface area contributed by atoms with E-state index in [1.165, 1.54) is 45.0 Å². The van der Waals surface area contributed by atoms with Gasteiger partial charge in [-0.2, -0.15) is 4.72 Å². The number of carbonyl (C=O) groups excluding carboxylic acids is 4. The maximum atomic E-state index is 12.9. The van der Waals surface area contributed by atoms with Crippen LogP contribution >= 0.6 is 0 Å². The van der Waals surface area contributed by atoms with Crippen LogP contribution < -0.4 is 10.0 Å². The highest BCUT2D eigenvalue weighted by Gasteiger charge is 2.30. The third-order valence-electron chi connectivity index (χ3n) is 5.00. The molecule has 190 valence electrons. The highest BCUT2D eigenvalue weighted by molar-refractivity contribution is 7.89. The first-order chi connectivity index (χ1) is 16.3. The number of hydrogen-bond acceptors (Lipinski definition) is 8. The smallest absolute Gasteiger partial charge is 0.340 e. The SMILES string of the molecule is CCOC(=O)c1c(C)[nH]c(C(=O)C(C)OC(=O)[C@H](C)NS(=O)(=O)c2ccc(NC(C)=O)cc2)c1C. The summed E-state index contributed by atoms with van der Waals surface area (Å²) in [7, 11) is -4.09. The van der Waals surface area contributed by atoms with Crippen molar-refractivity contribution in [2.75, 3.05) is 11.9 Å². The van der Waals surface area contributed by atoms with Crippen molar-refractivity contribution in [1.29, 1.82) is 0 Å². The van der Waals surface area contributed by atoms with Crippen molar-refractivity contribution in [3.63, 3.8) is 0 Å². The Balaban J connectivity index is 2.08. The minimum atomic E-state index is -4.09. The van der Waals surface area contributed by atoms with Crippen molar-refractivity contribution in [2.24, 2.45) is 0 Å².